The predicted molar refractivity (Wildman–Crippen MR) is 40.8 cm³/mol. The summed E-state index contributed by atoms with van der Waals surface area (Å²) >= 11 is 0. The van der Waals surface area contributed by atoms with Crippen molar-refractivity contribution in [2.24, 2.45) is 5.92 Å². The van der Waals surface area contributed by atoms with Crippen molar-refractivity contribution in [1.82, 2.24) is 0 Å². The van der Waals surface area contributed by atoms with Crippen molar-refractivity contribution < 1.29 is 14.7 Å². The smallest absolute Gasteiger partial charge is 0.158 e. The molecular weight excluding hydrogens is 154 g/mol. The van der Waals surface area contributed by atoms with E-state index < -0.39 is 0 Å². The van der Waals surface area contributed by atoms with Gasteiger partial charge >= 0.3 is 0 Å². The van der Waals surface area contributed by atoms with Crippen LogP contribution in [0.15, 0.2) is 0 Å². The highest BCUT2D eigenvalue weighted by Gasteiger charge is 2.95. The zero-order valence-corrected chi connectivity index (χ0v) is 7.16. The molecule has 1 aliphatic carbocycles. The number of aliphatic hydroxyl groups excluding tert-OH is 1. The minimum atomic E-state index is -0.0456. The average molecular weight is 168 g/mol. The van der Waals surface area contributed by atoms with E-state index in [2.05, 4.69) is 7.05 Å². The van der Waals surface area contributed by atoms with Gasteiger partial charge in [0.2, 0.25) is 0 Å². The van der Waals surface area contributed by atoms with E-state index in [1.807, 2.05) is 0 Å². The van der Waals surface area contributed by atoms with Gasteiger partial charge in [-0.1, -0.05) is 0 Å². The predicted octanol–water partition coefficient (Wildman–Crippen LogP) is -1.83. The van der Waals surface area contributed by atoms with Crippen LogP contribution in [-0.2, 0) is 4.74 Å². The zero-order chi connectivity index (χ0) is 8.09. The minimum Gasteiger partial charge on any atom is -0.393 e. The van der Waals surface area contributed by atoms with E-state index in [1.54, 1.807) is 4.90 Å². The molecule has 1 saturated carbocycles. The third-order valence-corrected chi connectivity index (χ3v) is 4.60. The molecule has 0 aromatic carbocycles. The SMILES string of the molecule is C[NH+]1C2CC(O)CC1C13OC1C23. The van der Waals surface area contributed by atoms with Gasteiger partial charge in [-0.2, -0.15) is 0 Å². The van der Waals surface area contributed by atoms with E-state index in [1.165, 1.54) is 0 Å². The van der Waals surface area contributed by atoms with Crippen molar-refractivity contribution in [3.63, 3.8) is 0 Å². The quantitative estimate of drug-likeness (QED) is 0.418. The molecule has 0 amide bonds. The summed E-state index contributed by atoms with van der Waals surface area (Å²) in [5.41, 5.74) is 0.284. The summed E-state index contributed by atoms with van der Waals surface area (Å²) in [5.74, 6) is 0.819. The normalized spacial score (nSPS) is 76.5. The van der Waals surface area contributed by atoms with E-state index in [-0.39, 0.29) is 11.7 Å². The number of fused-ring (bicyclic) bond motifs is 4. The van der Waals surface area contributed by atoms with Gasteiger partial charge < -0.3 is 14.7 Å². The van der Waals surface area contributed by atoms with Gasteiger partial charge in [0, 0.05) is 12.8 Å². The lowest BCUT2D eigenvalue weighted by Gasteiger charge is -2.32. The Hall–Kier alpha value is -0.120. The summed E-state index contributed by atoms with van der Waals surface area (Å²) < 4.78 is 5.62. The Morgan fingerprint density at radius 2 is 2.33 bits per heavy atom. The van der Waals surface area contributed by atoms with Crippen LogP contribution in [0.1, 0.15) is 12.8 Å². The Kier molecular flexibility index (Phi) is 0.778. The summed E-state index contributed by atoms with van der Waals surface area (Å²) in [6.45, 7) is 0. The molecule has 3 saturated heterocycles. The van der Waals surface area contributed by atoms with Crippen molar-refractivity contribution in [2.45, 2.75) is 42.7 Å². The lowest BCUT2D eigenvalue weighted by atomic mass is 9.96. The van der Waals surface area contributed by atoms with Crippen LogP contribution in [0.5, 0.6) is 0 Å². The van der Waals surface area contributed by atoms with Gasteiger partial charge in [-0.3, -0.25) is 0 Å². The van der Waals surface area contributed by atoms with Gasteiger partial charge in [0.05, 0.1) is 25.1 Å². The van der Waals surface area contributed by atoms with Gasteiger partial charge in [-0.15, -0.1) is 0 Å². The van der Waals surface area contributed by atoms with E-state index in [0.29, 0.717) is 18.2 Å². The fourth-order valence-electron chi connectivity index (χ4n) is 3.94. The summed E-state index contributed by atoms with van der Waals surface area (Å²) in [7, 11) is 2.26. The molecule has 0 radical (unpaired) electrons. The van der Waals surface area contributed by atoms with Gasteiger partial charge in [-0.05, 0) is 0 Å². The highest BCUT2D eigenvalue weighted by molar-refractivity contribution is 5.36. The molecule has 2 N–H and O–H groups in total. The number of hydrogen-bond acceptors (Lipinski definition) is 2. The molecule has 66 valence electrons. The van der Waals surface area contributed by atoms with Gasteiger partial charge in [0.25, 0.3) is 0 Å². The first kappa shape index (κ1) is 6.35. The Bertz CT molecular complexity index is 267. The second kappa shape index (κ2) is 1.47. The van der Waals surface area contributed by atoms with Crippen molar-refractivity contribution in [3.05, 3.63) is 0 Å². The Morgan fingerprint density at radius 3 is 3.00 bits per heavy atom. The first-order valence-corrected chi connectivity index (χ1v) is 4.94. The van der Waals surface area contributed by atoms with Crippen molar-refractivity contribution in [3.8, 4) is 0 Å². The van der Waals surface area contributed by atoms with Gasteiger partial charge in [0.15, 0.2) is 5.60 Å². The van der Waals surface area contributed by atoms with Crippen LogP contribution in [0, 0.1) is 5.92 Å². The fraction of sp³-hybridized carbons (Fsp3) is 1.00. The van der Waals surface area contributed by atoms with Crippen LogP contribution in [0.2, 0.25) is 0 Å². The zero-order valence-electron chi connectivity index (χ0n) is 7.16. The number of aliphatic hydroxyl groups is 1. The monoisotopic (exact) mass is 168 g/mol. The van der Waals surface area contributed by atoms with Crippen molar-refractivity contribution in [1.29, 1.82) is 0 Å². The molecule has 3 nitrogen and oxygen atoms in total. The summed E-state index contributed by atoms with van der Waals surface area (Å²) in [6, 6.07) is 1.32. The maximum Gasteiger partial charge on any atom is 0.158 e. The molecule has 4 rings (SSSR count). The molecule has 0 aromatic heterocycles. The molecule has 3 heterocycles. The molecule has 3 heteroatoms. The Balaban J connectivity index is 1.78. The third kappa shape index (κ3) is 0.424. The maximum atomic E-state index is 9.61. The number of rotatable bonds is 0. The molecule has 1 spiro atoms. The molecule has 7 unspecified atom stereocenters. The molecule has 0 aromatic rings. The van der Waals surface area contributed by atoms with Gasteiger partial charge in [-0.25, -0.2) is 0 Å². The van der Waals surface area contributed by atoms with E-state index >= 15 is 0 Å². The van der Waals surface area contributed by atoms with Crippen LogP contribution in [-0.4, -0.2) is 42.0 Å². The lowest BCUT2D eigenvalue weighted by Crippen LogP contribution is -3.17. The van der Waals surface area contributed by atoms with Crippen molar-refractivity contribution in [2.75, 3.05) is 7.05 Å². The number of ether oxygens (including phenoxy) is 1. The summed E-state index contributed by atoms with van der Waals surface area (Å²) in [6.07, 6.45) is 2.55. The summed E-state index contributed by atoms with van der Waals surface area (Å²) in [5, 5.41) is 9.61. The third-order valence-electron chi connectivity index (χ3n) is 4.60. The van der Waals surface area contributed by atoms with Crippen LogP contribution in [0.3, 0.4) is 0 Å². The molecule has 2 bridgehead atoms. The largest absolute Gasteiger partial charge is 0.393 e. The Labute approximate surface area is 71.3 Å². The first-order chi connectivity index (χ1) is 5.75. The standard InChI is InChI=1S/C9H13NO2/c1-10-5-2-4(11)3-6(10)9-7(5)8(9)12-9/h4-8,11H,2-3H2,1H3/p+1. The average Bonchev–Trinajstić information content (AvgIpc) is 2.79. The summed E-state index contributed by atoms with van der Waals surface area (Å²) in [4.78, 5) is 1.62. The Morgan fingerprint density at radius 1 is 1.50 bits per heavy atom. The molecule has 3 aliphatic heterocycles. The molecular formula is C9H14NO2+. The number of quaternary nitrogens is 1. The molecule has 12 heavy (non-hydrogen) atoms. The minimum absolute atomic E-state index is 0.0456. The first-order valence-electron chi connectivity index (χ1n) is 4.94. The number of nitrogens with one attached hydrogen (secondary N) is 1. The maximum absolute atomic E-state index is 9.61. The number of epoxide rings is 1. The van der Waals surface area contributed by atoms with E-state index in [0.717, 1.165) is 18.8 Å². The van der Waals surface area contributed by atoms with Gasteiger partial charge in [0.1, 0.15) is 12.1 Å². The van der Waals surface area contributed by atoms with Crippen LogP contribution >= 0.6 is 0 Å². The number of piperidine rings is 2. The highest BCUT2D eigenvalue weighted by Crippen LogP contribution is 2.72. The molecule has 7 atom stereocenters. The van der Waals surface area contributed by atoms with E-state index in [4.69, 9.17) is 4.74 Å². The lowest BCUT2D eigenvalue weighted by molar-refractivity contribution is -0.928. The van der Waals surface area contributed by atoms with Crippen LogP contribution in [0.4, 0.5) is 0 Å². The van der Waals surface area contributed by atoms with Crippen LogP contribution < -0.4 is 4.90 Å². The fourth-order valence-corrected chi connectivity index (χ4v) is 3.94. The number of hydrogen-bond donors (Lipinski definition) is 2. The topological polar surface area (TPSA) is 37.2 Å². The molecule has 4 aliphatic rings. The van der Waals surface area contributed by atoms with Crippen molar-refractivity contribution >= 4 is 0 Å². The second-order valence-electron chi connectivity index (χ2n) is 4.95. The van der Waals surface area contributed by atoms with Crippen LogP contribution in [0.25, 0.3) is 0 Å². The number of likely N-dealkylation sites (N-methyl/N-ethyl adjacent to an activating group) is 1. The highest BCUT2D eigenvalue weighted by atomic mass is 16.7. The second-order valence-corrected chi connectivity index (χ2v) is 4.95. The van der Waals surface area contributed by atoms with E-state index in [9.17, 15) is 5.11 Å². The molecule has 4 fully saturated rings.